The lowest BCUT2D eigenvalue weighted by atomic mass is 10.0. The molecule has 0 aromatic rings. The molecule has 3 unspecified atom stereocenters. The molecule has 0 amide bonds. The third-order valence-corrected chi connectivity index (χ3v) is 12.4. The molecular weight excluding hydrogens is 804 g/mol. The van der Waals surface area contributed by atoms with Crippen molar-refractivity contribution in [3.8, 4) is 0 Å². The first kappa shape index (κ1) is 60.5. The van der Waals surface area contributed by atoms with E-state index < -0.39 is 58.4 Å². The van der Waals surface area contributed by atoms with E-state index in [0.717, 1.165) is 51.4 Å². The van der Waals surface area contributed by atoms with E-state index in [2.05, 4.69) is 38.2 Å². The fourth-order valence-corrected chi connectivity index (χ4v) is 8.23. The molecule has 0 spiro atoms. The minimum atomic E-state index is -4.64. The lowest BCUT2D eigenvalue weighted by molar-refractivity contribution is -0.153. The number of carbonyl (C=O) groups is 2. The number of rotatable bonds is 49. The number of carbonyl (C=O) groups excluding carboxylic acids is 2. The molecule has 0 radical (unpaired) electrons. The zero-order valence-electron chi connectivity index (χ0n) is 40.1. The minimum Gasteiger partial charge on any atom is -0.457 e. The zero-order chi connectivity index (χ0) is 45.5. The molecule has 0 aromatic heterocycles. The number of ether oxygens (including phenoxy) is 2. The van der Waals surface area contributed by atoms with Crippen LogP contribution in [0.4, 0.5) is 0 Å². The van der Waals surface area contributed by atoms with Gasteiger partial charge in [0.25, 0.3) is 0 Å². The van der Waals surface area contributed by atoms with Gasteiger partial charge in [-0.2, -0.15) is 0 Å². The van der Waals surface area contributed by atoms with E-state index in [4.69, 9.17) is 18.5 Å². The molecule has 0 heterocycles. The Kier molecular flexibility index (Phi) is 46.2. The Morgan fingerprint density at radius 3 is 1.03 bits per heavy atom. The quantitative estimate of drug-likeness (QED) is 0.0233. The number of phosphoric ester groups is 1. The Balaban J connectivity index is 3.81. The number of unbranched alkanes of at least 4 members (excludes halogenated alkanes) is 31. The molecule has 3 atom stereocenters. The van der Waals surface area contributed by atoms with Crippen molar-refractivity contribution < 1.29 is 47.8 Å². The van der Waals surface area contributed by atoms with E-state index in [1.807, 2.05) is 0 Å². The molecule has 62 heavy (non-hydrogen) atoms. The summed E-state index contributed by atoms with van der Waals surface area (Å²) < 4.78 is 32.7. The number of aliphatic hydroxyl groups excluding tert-OH is 2. The van der Waals surface area contributed by atoms with Gasteiger partial charge in [-0.05, 0) is 44.9 Å². The van der Waals surface area contributed by atoms with Gasteiger partial charge < -0.3 is 24.6 Å². The number of phosphoric acid groups is 1. The highest BCUT2D eigenvalue weighted by Crippen LogP contribution is 2.43. The second-order valence-electron chi connectivity index (χ2n) is 17.5. The number of hydrogen-bond donors (Lipinski definition) is 3. The molecule has 3 N–H and O–H groups in total. The normalized spacial score (nSPS) is 13.8. The zero-order valence-corrected chi connectivity index (χ0v) is 41.0. The highest BCUT2D eigenvalue weighted by molar-refractivity contribution is 7.47. The average molecular weight is 901 g/mol. The molecule has 0 fully saturated rings. The Morgan fingerprint density at radius 2 is 0.710 bits per heavy atom. The van der Waals surface area contributed by atoms with Crippen LogP contribution in [0.15, 0.2) is 24.3 Å². The first-order chi connectivity index (χ1) is 30.3. The molecule has 0 saturated carbocycles. The van der Waals surface area contributed by atoms with Gasteiger partial charge in [-0.3, -0.25) is 18.6 Å². The highest BCUT2D eigenvalue weighted by Gasteiger charge is 2.27. The van der Waals surface area contributed by atoms with Crippen LogP contribution in [0.1, 0.15) is 251 Å². The van der Waals surface area contributed by atoms with E-state index in [1.165, 1.54) is 161 Å². The molecule has 0 rings (SSSR count). The van der Waals surface area contributed by atoms with Crippen molar-refractivity contribution in [1.29, 1.82) is 0 Å². The number of allylic oxidation sites excluding steroid dienone is 4. The molecule has 0 aromatic carbocycles. The Bertz CT molecular complexity index is 1080. The van der Waals surface area contributed by atoms with Gasteiger partial charge in [0.1, 0.15) is 12.2 Å². The average Bonchev–Trinajstić information content (AvgIpc) is 3.26. The molecule has 0 aliphatic carbocycles. The van der Waals surface area contributed by atoms with Gasteiger partial charge in [0, 0.05) is 12.8 Å². The fraction of sp³-hybridized carbons (Fsp3) is 0.882. The van der Waals surface area contributed by atoms with E-state index in [0.29, 0.717) is 12.8 Å². The summed E-state index contributed by atoms with van der Waals surface area (Å²) in [5.41, 5.74) is 0. The second kappa shape index (κ2) is 47.4. The van der Waals surface area contributed by atoms with Crippen LogP contribution >= 0.6 is 7.82 Å². The first-order valence-electron chi connectivity index (χ1n) is 25.8. The smallest absolute Gasteiger partial charge is 0.457 e. The molecule has 0 bridgehead atoms. The van der Waals surface area contributed by atoms with Crippen LogP contribution in [-0.4, -0.2) is 65.7 Å². The van der Waals surface area contributed by atoms with Crippen LogP contribution in [0.5, 0.6) is 0 Å². The summed E-state index contributed by atoms with van der Waals surface area (Å²) in [5.74, 6) is -1.01. The SMILES string of the molecule is CCCCC/C=C\C/C=C\CCCCCCCCCC(=O)OC(CO)COP(=O)(O)OCC(CO)OC(=O)CCCCCCCCCCCCCCCCCCCCCCCC. The lowest BCUT2D eigenvalue weighted by Gasteiger charge is -2.20. The van der Waals surface area contributed by atoms with Gasteiger partial charge in [0.2, 0.25) is 0 Å². The fourth-order valence-electron chi connectivity index (χ4n) is 7.44. The molecular formula is C51H97O10P. The summed E-state index contributed by atoms with van der Waals surface area (Å²) in [6, 6.07) is 0. The topological polar surface area (TPSA) is 149 Å². The maximum Gasteiger partial charge on any atom is 0.472 e. The van der Waals surface area contributed by atoms with Gasteiger partial charge >= 0.3 is 19.8 Å². The van der Waals surface area contributed by atoms with Crippen molar-refractivity contribution in [2.75, 3.05) is 26.4 Å². The number of esters is 2. The summed E-state index contributed by atoms with van der Waals surface area (Å²) in [6.45, 7) is 2.23. The third kappa shape index (κ3) is 45.0. The summed E-state index contributed by atoms with van der Waals surface area (Å²) in [5, 5.41) is 19.2. The molecule has 0 saturated heterocycles. The van der Waals surface area contributed by atoms with E-state index in [9.17, 15) is 29.3 Å². The van der Waals surface area contributed by atoms with Crippen molar-refractivity contribution in [3.05, 3.63) is 24.3 Å². The van der Waals surface area contributed by atoms with E-state index in [1.54, 1.807) is 0 Å². The van der Waals surface area contributed by atoms with Gasteiger partial charge in [0.15, 0.2) is 0 Å². The van der Waals surface area contributed by atoms with Crippen LogP contribution in [0.25, 0.3) is 0 Å². The van der Waals surface area contributed by atoms with Crippen molar-refractivity contribution >= 4 is 19.8 Å². The van der Waals surface area contributed by atoms with E-state index in [-0.39, 0.29) is 12.8 Å². The third-order valence-electron chi connectivity index (χ3n) is 11.4. The van der Waals surface area contributed by atoms with Crippen LogP contribution < -0.4 is 0 Å². The predicted molar refractivity (Wildman–Crippen MR) is 256 cm³/mol. The van der Waals surface area contributed by atoms with Crippen LogP contribution in [0.2, 0.25) is 0 Å². The molecule has 0 aliphatic rings. The predicted octanol–water partition coefficient (Wildman–Crippen LogP) is 14.5. The van der Waals surface area contributed by atoms with Crippen molar-refractivity contribution in [2.45, 2.75) is 264 Å². The number of aliphatic hydroxyl groups is 2. The van der Waals surface area contributed by atoms with Crippen molar-refractivity contribution in [1.82, 2.24) is 0 Å². The van der Waals surface area contributed by atoms with Gasteiger partial charge in [-0.15, -0.1) is 0 Å². The summed E-state index contributed by atoms with van der Waals surface area (Å²) >= 11 is 0. The molecule has 0 aliphatic heterocycles. The largest absolute Gasteiger partial charge is 0.472 e. The van der Waals surface area contributed by atoms with E-state index >= 15 is 0 Å². The summed E-state index contributed by atoms with van der Waals surface area (Å²) in [4.78, 5) is 34.7. The van der Waals surface area contributed by atoms with Crippen LogP contribution in [-0.2, 0) is 32.7 Å². The van der Waals surface area contributed by atoms with Crippen molar-refractivity contribution in [3.63, 3.8) is 0 Å². The Labute approximate surface area is 380 Å². The maximum absolute atomic E-state index is 12.4. The second-order valence-corrected chi connectivity index (χ2v) is 19.0. The standard InChI is InChI=1S/C51H97O10P/c1-3-5-7-9-11-13-15-17-19-21-22-23-24-25-27-29-31-33-35-37-39-41-43-51(55)61-49(45-53)47-59-62(56,57)58-46-48(44-52)60-50(54)42-40-38-36-34-32-30-28-26-20-18-16-14-12-10-8-6-4-2/h12,14,18,20,48-49,52-53H,3-11,13,15-17,19,21-47H2,1-2H3,(H,56,57)/b14-12-,20-18-. The summed E-state index contributed by atoms with van der Waals surface area (Å²) in [7, 11) is -4.64. The van der Waals surface area contributed by atoms with Gasteiger partial charge in [-0.1, -0.05) is 218 Å². The Hall–Kier alpha value is -1.55. The van der Waals surface area contributed by atoms with Crippen molar-refractivity contribution in [2.24, 2.45) is 0 Å². The van der Waals surface area contributed by atoms with Crippen LogP contribution in [0.3, 0.4) is 0 Å². The molecule has 11 heteroatoms. The molecule has 366 valence electrons. The highest BCUT2D eigenvalue weighted by atomic mass is 31.2. The minimum absolute atomic E-state index is 0.185. The monoisotopic (exact) mass is 901 g/mol. The maximum atomic E-state index is 12.4. The molecule has 10 nitrogen and oxygen atoms in total. The lowest BCUT2D eigenvalue weighted by Crippen LogP contribution is -2.28. The first-order valence-corrected chi connectivity index (χ1v) is 27.3. The number of hydrogen-bond acceptors (Lipinski definition) is 9. The van der Waals surface area contributed by atoms with Crippen LogP contribution in [0, 0.1) is 0 Å². The van der Waals surface area contributed by atoms with Gasteiger partial charge in [-0.25, -0.2) is 4.57 Å². The van der Waals surface area contributed by atoms with Gasteiger partial charge in [0.05, 0.1) is 26.4 Å². The summed E-state index contributed by atoms with van der Waals surface area (Å²) in [6.07, 6.45) is 50.1. The Morgan fingerprint density at radius 1 is 0.435 bits per heavy atom.